The predicted octanol–water partition coefficient (Wildman–Crippen LogP) is 3.22. The fourth-order valence-electron chi connectivity index (χ4n) is 1.41. The Morgan fingerprint density at radius 1 is 1.33 bits per heavy atom. The molecule has 1 N–H and O–H groups in total. The molecule has 1 nitrogen and oxygen atoms in total. The second-order valence-electron chi connectivity index (χ2n) is 3.90. The molecule has 80 valence electrons. The maximum absolute atomic E-state index is 3.72. The van der Waals surface area contributed by atoms with Crippen molar-refractivity contribution in [3.63, 3.8) is 0 Å². The molecule has 0 radical (unpaired) electrons. The highest BCUT2D eigenvalue weighted by atomic mass is 32.2. The fraction of sp³-hybridized carbons (Fsp3) is 0.385. The lowest BCUT2D eigenvalue weighted by atomic mass is 10.2. The Morgan fingerprint density at radius 3 is 2.67 bits per heavy atom. The maximum atomic E-state index is 3.72. The Hall–Kier alpha value is -0.730. The monoisotopic (exact) mass is 219 g/mol. The molecule has 0 unspecified atom stereocenters. The minimum atomic E-state index is 0.791. The standard InChI is InChI=1S/C13H17NS/c1-2-9-15-13-7-3-11(4-8-13)10-14-12-5-6-12/h2-4,7-8,12,14H,1,5-6,9-10H2. The first-order valence-electron chi connectivity index (χ1n) is 5.44. The second-order valence-corrected chi connectivity index (χ2v) is 4.99. The van der Waals surface area contributed by atoms with E-state index < -0.39 is 0 Å². The van der Waals surface area contributed by atoms with Gasteiger partial charge in [0.2, 0.25) is 0 Å². The van der Waals surface area contributed by atoms with Crippen LogP contribution in [-0.2, 0) is 6.54 Å². The number of thioether (sulfide) groups is 1. The van der Waals surface area contributed by atoms with Gasteiger partial charge in [0.25, 0.3) is 0 Å². The number of benzene rings is 1. The molecule has 2 heteroatoms. The van der Waals surface area contributed by atoms with E-state index >= 15 is 0 Å². The summed E-state index contributed by atoms with van der Waals surface area (Å²) < 4.78 is 0. The molecule has 15 heavy (non-hydrogen) atoms. The summed E-state index contributed by atoms with van der Waals surface area (Å²) in [6.45, 7) is 4.73. The normalized spacial score (nSPS) is 15.2. The molecule has 0 atom stereocenters. The van der Waals surface area contributed by atoms with Crippen LogP contribution >= 0.6 is 11.8 Å². The van der Waals surface area contributed by atoms with Crippen LogP contribution in [0.15, 0.2) is 41.8 Å². The summed E-state index contributed by atoms with van der Waals surface area (Å²) >= 11 is 1.83. The molecule has 0 heterocycles. The van der Waals surface area contributed by atoms with E-state index in [4.69, 9.17) is 0 Å². The van der Waals surface area contributed by atoms with E-state index in [-0.39, 0.29) is 0 Å². The number of nitrogens with one attached hydrogen (secondary N) is 1. The predicted molar refractivity (Wildman–Crippen MR) is 67.2 cm³/mol. The van der Waals surface area contributed by atoms with E-state index in [2.05, 4.69) is 36.2 Å². The molecule has 0 aliphatic heterocycles. The van der Waals surface area contributed by atoms with Gasteiger partial charge in [-0.2, -0.15) is 0 Å². The van der Waals surface area contributed by atoms with Crippen LogP contribution < -0.4 is 5.32 Å². The molecular formula is C13H17NS. The van der Waals surface area contributed by atoms with E-state index in [0.717, 1.165) is 18.3 Å². The lowest BCUT2D eigenvalue weighted by molar-refractivity contribution is 0.687. The van der Waals surface area contributed by atoms with Crippen LogP contribution in [0, 0.1) is 0 Å². The van der Waals surface area contributed by atoms with Gasteiger partial charge in [-0.05, 0) is 30.5 Å². The average Bonchev–Trinajstić information content (AvgIpc) is 3.09. The van der Waals surface area contributed by atoms with Gasteiger partial charge < -0.3 is 5.32 Å². The van der Waals surface area contributed by atoms with Crippen molar-refractivity contribution in [1.29, 1.82) is 0 Å². The topological polar surface area (TPSA) is 12.0 Å². The lowest BCUT2D eigenvalue weighted by Gasteiger charge is -2.04. The fourth-order valence-corrected chi connectivity index (χ4v) is 2.05. The van der Waals surface area contributed by atoms with Gasteiger partial charge in [0.05, 0.1) is 0 Å². The first kappa shape index (κ1) is 10.8. The van der Waals surface area contributed by atoms with E-state index in [9.17, 15) is 0 Å². The third-order valence-electron chi connectivity index (χ3n) is 2.46. The molecule has 1 aliphatic rings. The van der Waals surface area contributed by atoms with Gasteiger partial charge in [-0.1, -0.05) is 18.2 Å². The molecule has 1 aromatic rings. The molecule has 0 bridgehead atoms. The molecule has 0 saturated heterocycles. The van der Waals surface area contributed by atoms with Crippen LogP contribution in [0.2, 0.25) is 0 Å². The Bertz CT molecular complexity index is 314. The Labute approximate surface area is 96.0 Å². The van der Waals surface area contributed by atoms with Gasteiger partial charge >= 0.3 is 0 Å². The van der Waals surface area contributed by atoms with Crippen LogP contribution in [0.25, 0.3) is 0 Å². The summed E-state index contributed by atoms with van der Waals surface area (Å²) in [5.74, 6) is 0.986. The van der Waals surface area contributed by atoms with Crippen LogP contribution in [0.4, 0.5) is 0 Å². The Balaban J connectivity index is 1.82. The highest BCUT2D eigenvalue weighted by Crippen LogP contribution is 2.21. The van der Waals surface area contributed by atoms with Crippen molar-refractivity contribution in [2.75, 3.05) is 5.75 Å². The van der Waals surface area contributed by atoms with Gasteiger partial charge in [-0.15, -0.1) is 18.3 Å². The molecule has 0 amide bonds. The summed E-state index contributed by atoms with van der Waals surface area (Å²) in [6.07, 6.45) is 4.65. The second kappa shape index (κ2) is 5.38. The first-order valence-corrected chi connectivity index (χ1v) is 6.43. The Kier molecular flexibility index (Phi) is 3.87. The van der Waals surface area contributed by atoms with E-state index in [1.54, 1.807) is 0 Å². The van der Waals surface area contributed by atoms with E-state index in [1.165, 1.54) is 23.3 Å². The van der Waals surface area contributed by atoms with Gasteiger partial charge in [0.15, 0.2) is 0 Å². The van der Waals surface area contributed by atoms with Crippen LogP contribution in [0.1, 0.15) is 18.4 Å². The third-order valence-corrected chi connectivity index (χ3v) is 3.47. The molecule has 1 saturated carbocycles. The van der Waals surface area contributed by atoms with Crippen molar-refractivity contribution >= 4 is 11.8 Å². The van der Waals surface area contributed by atoms with Crippen LogP contribution in [-0.4, -0.2) is 11.8 Å². The average molecular weight is 219 g/mol. The van der Waals surface area contributed by atoms with Crippen LogP contribution in [0.3, 0.4) is 0 Å². The highest BCUT2D eigenvalue weighted by molar-refractivity contribution is 7.99. The first-order chi connectivity index (χ1) is 7.38. The molecule has 0 aromatic heterocycles. The molecule has 1 fully saturated rings. The number of hydrogen-bond donors (Lipinski definition) is 1. The molecule has 1 aliphatic carbocycles. The highest BCUT2D eigenvalue weighted by Gasteiger charge is 2.19. The summed E-state index contributed by atoms with van der Waals surface area (Å²) in [7, 11) is 0. The van der Waals surface area contributed by atoms with E-state index in [0.29, 0.717) is 0 Å². The lowest BCUT2D eigenvalue weighted by Crippen LogP contribution is -2.14. The van der Waals surface area contributed by atoms with Gasteiger partial charge in [0.1, 0.15) is 0 Å². The van der Waals surface area contributed by atoms with Gasteiger partial charge in [0, 0.05) is 23.2 Å². The number of rotatable bonds is 6. The zero-order valence-corrected chi connectivity index (χ0v) is 9.72. The van der Waals surface area contributed by atoms with E-state index in [1.807, 2.05) is 17.8 Å². The van der Waals surface area contributed by atoms with Gasteiger partial charge in [-0.3, -0.25) is 0 Å². The van der Waals surface area contributed by atoms with Gasteiger partial charge in [-0.25, -0.2) is 0 Å². The molecule has 1 aromatic carbocycles. The largest absolute Gasteiger partial charge is 0.310 e. The van der Waals surface area contributed by atoms with Crippen molar-refractivity contribution < 1.29 is 0 Å². The SMILES string of the molecule is C=CCSc1ccc(CNC2CC2)cc1. The molecule has 2 rings (SSSR count). The Morgan fingerprint density at radius 2 is 2.07 bits per heavy atom. The quantitative estimate of drug-likeness (QED) is 0.582. The molecular weight excluding hydrogens is 202 g/mol. The maximum Gasteiger partial charge on any atom is 0.0208 e. The summed E-state index contributed by atoms with van der Waals surface area (Å²) in [6, 6.07) is 9.59. The summed E-state index contributed by atoms with van der Waals surface area (Å²) in [5.41, 5.74) is 1.38. The van der Waals surface area contributed by atoms with Crippen molar-refractivity contribution in [3.05, 3.63) is 42.5 Å². The third kappa shape index (κ3) is 3.73. The summed E-state index contributed by atoms with van der Waals surface area (Å²) in [4.78, 5) is 1.32. The molecule has 0 spiro atoms. The van der Waals surface area contributed by atoms with Crippen molar-refractivity contribution in [2.45, 2.75) is 30.3 Å². The van der Waals surface area contributed by atoms with Crippen LogP contribution in [0.5, 0.6) is 0 Å². The zero-order chi connectivity index (χ0) is 10.5. The van der Waals surface area contributed by atoms with Crippen molar-refractivity contribution in [2.24, 2.45) is 0 Å². The minimum absolute atomic E-state index is 0.791. The van der Waals surface area contributed by atoms with Crippen molar-refractivity contribution in [1.82, 2.24) is 5.32 Å². The summed E-state index contributed by atoms with van der Waals surface area (Å²) in [5, 5.41) is 3.51. The zero-order valence-electron chi connectivity index (χ0n) is 8.91. The minimum Gasteiger partial charge on any atom is -0.310 e. The van der Waals surface area contributed by atoms with Crippen molar-refractivity contribution in [3.8, 4) is 0 Å². The smallest absolute Gasteiger partial charge is 0.0208 e. The number of hydrogen-bond acceptors (Lipinski definition) is 2.